The molecule has 176 valence electrons. The lowest BCUT2D eigenvalue weighted by Crippen LogP contribution is -2.07. The Morgan fingerprint density at radius 2 is 1.86 bits per heavy atom. The van der Waals surface area contributed by atoms with E-state index in [4.69, 9.17) is 15.5 Å². The Morgan fingerprint density at radius 3 is 2.54 bits per heavy atom. The molecule has 0 bridgehead atoms. The molecule has 10 nitrogen and oxygen atoms in total. The standard InChI is InChI=1S/C25H25N9O/c1-14-10-15(2)34(32-14)19-8-4-16(5-9-19)13-33-23-18(12-28-33)11-27-22(30-23)20-21(17-6-7-17)29-25(26)31-24(20)35-3/h4-5,8-12,17H,6-7,13H2,1-3H3,(H2,26,29,31). The quantitative estimate of drug-likeness (QED) is 0.402. The highest BCUT2D eigenvalue weighted by Gasteiger charge is 2.32. The first-order valence-corrected chi connectivity index (χ1v) is 11.5. The number of methoxy groups -OCH3 is 1. The van der Waals surface area contributed by atoms with Crippen molar-refractivity contribution in [1.82, 2.24) is 39.5 Å². The summed E-state index contributed by atoms with van der Waals surface area (Å²) >= 11 is 0. The number of rotatable bonds is 6. The number of fused-ring (bicyclic) bond motifs is 1. The fourth-order valence-corrected chi connectivity index (χ4v) is 4.39. The first kappa shape index (κ1) is 21.2. The summed E-state index contributed by atoms with van der Waals surface area (Å²) in [7, 11) is 1.57. The largest absolute Gasteiger partial charge is 0.480 e. The highest BCUT2D eigenvalue weighted by atomic mass is 16.5. The minimum Gasteiger partial charge on any atom is -0.480 e. The third kappa shape index (κ3) is 3.86. The van der Waals surface area contributed by atoms with E-state index >= 15 is 0 Å². The topological polar surface area (TPSA) is 122 Å². The smallest absolute Gasteiger partial charge is 0.229 e. The molecule has 0 amide bonds. The third-order valence-corrected chi connectivity index (χ3v) is 6.20. The van der Waals surface area contributed by atoms with Crippen LogP contribution in [0, 0.1) is 13.8 Å². The second-order valence-electron chi connectivity index (χ2n) is 8.91. The molecule has 1 fully saturated rings. The van der Waals surface area contributed by atoms with Crippen molar-refractivity contribution >= 4 is 17.0 Å². The van der Waals surface area contributed by atoms with Gasteiger partial charge >= 0.3 is 0 Å². The molecule has 1 aliphatic carbocycles. The van der Waals surface area contributed by atoms with E-state index in [2.05, 4.69) is 62.4 Å². The van der Waals surface area contributed by atoms with Crippen molar-refractivity contribution < 1.29 is 4.74 Å². The van der Waals surface area contributed by atoms with E-state index in [1.165, 1.54) is 0 Å². The normalized spacial score (nSPS) is 13.5. The zero-order valence-electron chi connectivity index (χ0n) is 19.8. The average molecular weight is 468 g/mol. The lowest BCUT2D eigenvalue weighted by Gasteiger charge is -2.12. The summed E-state index contributed by atoms with van der Waals surface area (Å²) in [5, 5.41) is 9.98. The van der Waals surface area contributed by atoms with E-state index in [0.717, 1.165) is 52.2 Å². The Hall–Kier alpha value is -4.34. The van der Waals surface area contributed by atoms with Crippen LogP contribution in [0.15, 0.2) is 42.7 Å². The number of hydrogen-bond donors (Lipinski definition) is 1. The highest BCUT2D eigenvalue weighted by Crippen LogP contribution is 2.45. The lowest BCUT2D eigenvalue weighted by atomic mass is 10.1. The molecule has 1 aromatic carbocycles. The van der Waals surface area contributed by atoms with Crippen LogP contribution in [0.1, 0.15) is 41.4 Å². The fourth-order valence-electron chi connectivity index (χ4n) is 4.39. The highest BCUT2D eigenvalue weighted by molar-refractivity contribution is 5.77. The van der Waals surface area contributed by atoms with Crippen molar-refractivity contribution in [3.05, 3.63) is 65.4 Å². The van der Waals surface area contributed by atoms with Crippen LogP contribution in [0.25, 0.3) is 28.1 Å². The minimum absolute atomic E-state index is 0.197. The third-order valence-electron chi connectivity index (χ3n) is 6.20. The van der Waals surface area contributed by atoms with Crippen molar-refractivity contribution in [3.8, 4) is 23.0 Å². The van der Waals surface area contributed by atoms with Crippen molar-refractivity contribution in [2.45, 2.75) is 39.2 Å². The average Bonchev–Trinajstić information content (AvgIpc) is 3.55. The molecule has 1 aliphatic rings. The number of ether oxygens (including phenoxy) is 1. The van der Waals surface area contributed by atoms with E-state index in [1.807, 2.05) is 16.3 Å². The van der Waals surface area contributed by atoms with E-state index in [1.54, 1.807) is 19.5 Å². The van der Waals surface area contributed by atoms with Gasteiger partial charge in [-0.2, -0.15) is 15.2 Å². The van der Waals surface area contributed by atoms with Crippen LogP contribution in [0.3, 0.4) is 0 Å². The molecular weight excluding hydrogens is 442 g/mol. The Bertz CT molecular complexity index is 1550. The van der Waals surface area contributed by atoms with Gasteiger partial charge in [-0.05, 0) is 50.5 Å². The van der Waals surface area contributed by atoms with Gasteiger partial charge < -0.3 is 10.5 Å². The van der Waals surface area contributed by atoms with Gasteiger partial charge in [-0.3, -0.25) is 0 Å². The molecule has 0 unspecified atom stereocenters. The molecule has 0 radical (unpaired) electrons. The predicted octanol–water partition coefficient (Wildman–Crippen LogP) is 3.60. The number of aryl methyl sites for hydroxylation is 2. The SMILES string of the molecule is COc1nc(N)nc(C2CC2)c1-c1ncc2cnn(Cc3ccc(-n4nc(C)cc4C)cc3)c2n1. The zero-order valence-corrected chi connectivity index (χ0v) is 19.8. The van der Waals surface area contributed by atoms with Gasteiger partial charge in [-0.1, -0.05) is 12.1 Å². The lowest BCUT2D eigenvalue weighted by molar-refractivity contribution is 0.398. The summed E-state index contributed by atoms with van der Waals surface area (Å²) in [5.74, 6) is 1.43. The molecule has 35 heavy (non-hydrogen) atoms. The van der Waals surface area contributed by atoms with Gasteiger partial charge in [0.2, 0.25) is 11.8 Å². The van der Waals surface area contributed by atoms with Crippen LogP contribution in [0.4, 0.5) is 5.95 Å². The molecular formula is C25H25N9O. The number of anilines is 1. The van der Waals surface area contributed by atoms with Crippen LogP contribution < -0.4 is 10.5 Å². The number of nitrogens with zero attached hydrogens (tertiary/aromatic N) is 8. The molecule has 6 rings (SSSR count). The van der Waals surface area contributed by atoms with Crippen LogP contribution in [0.5, 0.6) is 5.88 Å². The summed E-state index contributed by atoms with van der Waals surface area (Å²) in [5.41, 5.74) is 12.4. The molecule has 4 aromatic heterocycles. The van der Waals surface area contributed by atoms with Crippen LogP contribution in [-0.4, -0.2) is 46.6 Å². The maximum absolute atomic E-state index is 5.93. The summed E-state index contributed by atoms with van der Waals surface area (Å²) in [4.78, 5) is 18.2. The maximum Gasteiger partial charge on any atom is 0.229 e. The van der Waals surface area contributed by atoms with E-state index < -0.39 is 0 Å². The first-order chi connectivity index (χ1) is 17.0. The number of aromatic nitrogens is 8. The van der Waals surface area contributed by atoms with Crippen LogP contribution in [0.2, 0.25) is 0 Å². The van der Waals surface area contributed by atoms with Crippen molar-refractivity contribution in [1.29, 1.82) is 0 Å². The van der Waals surface area contributed by atoms with Gasteiger partial charge in [0.1, 0.15) is 5.56 Å². The van der Waals surface area contributed by atoms with Crippen molar-refractivity contribution in [2.75, 3.05) is 12.8 Å². The van der Waals surface area contributed by atoms with Gasteiger partial charge in [0.05, 0.1) is 42.3 Å². The molecule has 4 heterocycles. The molecule has 1 saturated carbocycles. The molecule has 0 spiro atoms. The van der Waals surface area contributed by atoms with Crippen molar-refractivity contribution in [3.63, 3.8) is 0 Å². The molecule has 2 N–H and O–H groups in total. The van der Waals surface area contributed by atoms with Crippen LogP contribution >= 0.6 is 0 Å². The molecule has 5 aromatic rings. The Kier molecular flexibility index (Phi) is 4.94. The van der Waals surface area contributed by atoms with Gasteiger partial charge in [-0.15, -0.1) is 0 Å². The van der Waals surface area contributed by atoms with E-state index in [0.29, 0.717) is 29.7 Å². The predicted molar refractivity (Wildman–Crippen MR) is 131 cm³/mol. The molecule has 0 atom stereocenters. The Labute approximate surface area is 201 Å². The summed E-state index contributed by atoms with van der Waals surface area (Å²) in [6.07, 6.45) is 5.67. The Morgan fingerprint density at radius 1 is 1.06 bits per heavy atom. The van der Waals surface area contributed by atoms with Gasteiger partial charge in [0.15, 0.2) is 11.5 Å². The Balaban J connectivity index is 1.35. The number of hydrogen-bond acceptors (Lipinski definition) is 8. The van der Waals surface area contributed by atoms with Gasteiger partial charge in [0.25, 0.3) is 0 Å². The number of benzene rings is 1. The van der Waals surface area contributed by atoms with Gasteiger partial charge in [-0.25, -0.2) is 24.3 Å². The maximum atomic E-state index is 5.93. The number of nitrogens with two attached hydrogens (primary N) is 1. The molecule has 0 saturated heterocycles. The fraction of sp³-hybridized carbons (Fsp3) is 0.280. The van der Waals surface area contributed by atoms with Crippen molar-refractivity contribution in [2.24, 2.45) is 0 Å². The second kappa shape index (κ2) is 8.15. The number of nitrogen functional groups attached to an aromatic ring is 1. The zero-order chi connectivity index (χ0) is 24.1. The summed E-state index contributed by atoms with van der Waals surface area (Å²) in [6, 6.07) is 10.4. The minimum atomic E-state index is 0.197. The summed E-state index contributed by atoms with van der Waals surface area (Å²) < 4.78 is 9.36. The van der Waals surface area contributed by atoms with Crippen LogP contribution in [-0.2, 0) is 6.54 Å². The monoisotopic (exact) mass is 467 g/mol. The van der Waals surface area contributed by atoms with Gasteiger partial charge in [0, 0.05) is 17.8 Å². The molecule has 0 aliphatic heterocycles. The van der Waals surface area contributed by atoms with E-state index in [-0.39, 0.29) is 5.95 Å². The second-order valence-corrected chi connectivity index (χ2v) is 8.91. The van der Waals surface area contributed by atoms with E-state index in [9.17, 15) is 0 Å². The summed E-state index contributed by atoms with van der Waals surface area (Å²) in [6.45, 7) is 4.62. The molecule has 10 heteroatoms. The first-order valence-electron chi connectivity index (χ1n) is 11.5.